The van der Waals surface area contributed by atoms with Gasteiger partial charge < -0.3 is 0 Å². The first-order valence-electron chi connectivity index (χ1n) is 2.76. The zero-order chi connectivity index (χ0) is 5.66. The Morgan fingerprint density at radius 3 is 3.38 bits per heavy atom. The van der Waals surface area contributed by atoms with Crippen molar-refractivity contribution in [2.75, 3.05) is 6.61 Å². The first kappa shape index (κ1) is 6.54. The molecular formula is C4H9GeNO2. The van der Waals surface area contributed by atoms with E-state index in [1.807, 2.05) is 0 Å². The number of nitrogens with one attached hydrogen (secondary N) is 1. The predicted octanol–water partition coefficient (Wildman–Crippen LogP) is 0.270. The fourth-order valence-corrected chi connectivity index (χ4v) is 1.88. The van der Waals surface area contributed by atoms with E-state index in [1.54, 1.807) is 0 Å². The molecule has 8 heavy (non-hydrogen) atoms. The average Bonchev–Trinajstić information content (AvgIpc) is 1.62. The Morgan fingerprint density at radius 1 is 1.38 bits per heavy atom. The zero-order valence-electron chi connectivity index (χ0n) is 4.64. The minimum atomic E-state index is -0.0408. The molecule has 0 unspecified atom stereocenters. The predicted molar refractivity (Wildman–Crippen MR) is 30.0 cm³/mol. The number of hydrogen-bond acceptors (Lipinski definition) is 3. The van der Waals surface area contributed by atoms with Crippen LogP contribution >= 0.6 is 0 Å². The molecule has 1 aliphatic heterocycles. The first-order chi connectivity index (χ1) is 4.00. The average molecular weight is 176 g/mol. The van der Waals surface area contributed by atoms with Crippen molar-refractivity contribution in [3.8, 4) is 0 Å². The van der Waals surface area contributed by atoms with Crippen LogP contribution in [-0.2, 0) is 9.88 Å². The van der Waals surface area contributed by atoms with Gasteiger partial charge in [-0.2, -0.15) is 0 Å². The van der Waals surface area contributed by atoms with Gasteiger partial charge in [-0.3, -0.25) is 0 Å². The van der Waals surface area contributed by atoms with E-state index in [9.17, 15) is 0 Å². The van der Waals surface area contributed by atoms with Crippen LogP contribution in [0.1, 0.15) is 12.8 Å². The van der Waals surface area contributed by atoms with Crippen molar-refractivity contribution in [3.05, 3.63) is 0 Å². The normalized spacial score (nSPS) is 24.0. The molecule has 2 radical (unpaired) electrons. The third-order valence-electron chi connectivity index (χ3n) is 0.952. The van der Waals surface area contributed by atoms with Crippen LogP contribution in [0.2, 0.25) is 5.25 Å². The summed E-state index contributed by atoms with van der Waals surface area (Å²) in [6.45, 7) is 0.735. The molecule has 1 saturated heterocycles. The molecular weight excluding hydrogens is 167 g/mol. The van der Waals surface area contributed by atoms with E-state index >= 15 is 0 Å². The van der Waals surface area contributed by atoms with Gasteiger partial charge in [-0.25, -0.2) is 0 Å². The molecule has 0 bridgehead atoms. The molecule has 4 heteroatoms. The monoisotopic (exact) mass is 177 g/mol. The molecule has 0 spiro atoms. The first-order valence-corrected chi connectivity index (χ1v) is 5.30. The number of hydrogen-bond donors (Lipinski definition) is 1. The summed E-state index contributed by atoms with van der Waals surface area (Å²) >= 11 is -0.0408. The molecule has 0 aromatic carbocycles. The summed E-state index contributed by atoms with van der Waals surface area (Å²) in [6.07, 6.45) is 2.43. The van der Waals surface area contributed by atoms with E-state index in [0.717, 1.165) is 13.0 Å². The Morgan fingerprint density at radius 2 is 2.38 bits per heavy atom. The van der Waals surface area contributed by atoms with Crippen molar-refractivity contribution in [2.24, 2.45) is 0 Å². The summed E-state index contributed by atoms with van der Waals surface area (Å²) < 4.78 is 2.79. The van der Waals surface area contributed by atoms with Crippen LogP contribution in [0.5, 0.6) is 0 Å². The fourth-order valence-electron chi connectivity index (χ4n) is 0.526. The SMILES string of the molecule is C1C[CH2][Ge][NH]OOC1. The third kappa shape index (κ3) is 2.66. The standard InChI is InChI=1S/C4H9GeNO2/c1-2-4-7-8-6-5-3-1/h6H,1-4H2. The summed E-state index contributed by atoms with van der Waals surface area (Å²) in [7, 11) is 0. The molecule has 0 atom stereocenters. The second-order valence-corrected chi connectivity index (χ2v) is 3.86. The van der Waals surface area contributed by atoms with Gasteiger partial charge in [0.25, 0.3) is 0 Å². The van der Waals surface area contributed by atoms with Crippen LogP contribution in [0.15, 0.2) is 0 Å². The molecule has 1 heterocycles. The van der Waals surface area contributed by atoms with Crippen LogP contribution in [0.3, 0.4) is 0 Å². The van der Waals surface area contributed by atoms with Gasteiger partial charge in [0.05, 0.1) is 0 Å². The van der Waals surface area contributed by atoms with Crippen LogP contribution in [0.25, 0.3) is 0 Å². The van der Waals surface area contributed by atoms with Crippen molar-refractivity contribution in [1.82, 2.24) is 4.44 Å². The molecule has 1 rings (SSSR count). The van der Waals surface area contributed by atoms with Crippen LogP contribution in [0, 0.1) is 0 Å². The Labute approximate surface area is 55.3 Å². The molecule has 0 aromatic rings. The van der Waals surface area contributed by atoms with E-state index in [-0.39, 0.29) is 15.7 Å². The molecule has 1 fully saturated rings. The van der Waals surface area contributed by atoms with Crippen LogP contribution in [-0.4, -0.2) is 22.3 Å². The van der Waals surface area contributed by atoms with Crippen molar-refractivity contribution < 1.29 is 9.88 Å². The van der Waals surface area contributed by atoms with Gasteiger partial charge >= 0.3 is 54.7 Å². The summed E-state index contributed by atoms with van der Waals surface area (Å²) in [4.78, 5) is 9.27. The second-order valence-electron chi connectivity index (χ2n) is 1.64. The number of rotatable bonds is 0. The summed E-state index contributed by atoms with van der Waals surface area (Å²) in [5.41, 5.74) is 0. The summed E-state index contributed by atoms with van der Waals surface area (Å²) in [5.74, 6) is 0. The van der Waals surface area contributed by atoms with Crippen LogP contribution in [0.4, 0.5) is 0 Å². The van der Waals surface area contributed by atoms with Crippen molar-refractivity contribution >= 4 is 15.7 Å². The third-order valence-corrected chi connectivity index (χ3v) is 2.70. The Hall–Kier alpha value is 0.423. The molecule has 0 amide bonds. The van der Waals surface area contributed by atoms with Gasteiger partial charge in [0.15, 0.2) is 0 Å². The zero-order valence-corrected chi connectivity index (χ0v) is 6.74. The molecule has 1 aliphatic rings. The van der Waals surface area contributed by atoms with Crippen LogP contribution < -0.4 is 4.44 Å². The van der Waals surface area contributed by atoms with E-state index in [2.05, 4.69) is 9.43 Å². The molecule has 0 aliphatic carbocycles. The fraction of sp³-hybridized carbons (Fsp3) is 1.00. The topological polar surface area (TPSA) is 30.5 Å². The molecule has 0 aromatic heterocycles. The van der Waals surface area contributed by atoms with Gasteiger partial charge in [0.1, 0.15) is 0 Å². The van der Waals surface area contributed by atoms with Gasteiger partial charge in [0, 0.05) is 0 Å². The maximum atomic E-state index is 4.69. The Balaban J connectivity index is 2.00. The second kappa shape index (κ2) is 4.32. The van der Waals surface area contributed by atoms with E-state index in [0.29, 0.717) is 0 Å². The summed E-state index contributed by atoms with van der Waals surface area (Å²) in [6, 6.07) is 0. The van der Waals surface area contributed by atoms with E-state index in [1.165, 1.54) is 11.7 Å². The van der Waals surface area contributed by atoms with Gasteiger partial charge in [-0.15, -0.1) is 0 Å². The summed E-state index contributed by atoms with van der Waals surface area (Å²) in [5, 5.41) is 1.31. The Bertz CT molecular complexity index is 38.0. The van der Waals surface area contributed by atoms with Gasteiger partial charge in [0.2, 0.25) is 0 Å². The quantitative estimate of drug-likeness (QED) is 0.424. The van der Waals surface area contributed by atoms with Crippen molar-refractivity contribution in [2.45, 2.75) is 18.1 Å². The Kier molecular flexibility index (Phi) is 3.53. The van der Waals surface area contributed by atoms with Gasteiger partial charge in [-0.05, 0) is 0 Å². The van der Waals surface area contributed by atoms with E-state index < -0.39 is 0 Å². The van der Waals surface area contributed by atoms with Crippen molar-refractivity contribution in [1.29, 1.82) is 0 Å². The van der Waals surface area contributed by atoms with Gasteiger partial charge in [-0.1, -0.05) is 0 Å². The molecule has 1 N–H and O–H groups in total. The molecule has 3 nitrogen and oxygen atoms in total. The van der Waals surface area contributed by atoms with E-state index in [4.69, 9.17) is 4.89 Å². The molecule has 46 valence electrons. The van der Waals surface area contributed by atoms with Crippen molar-refractivity contribution in [3.63, 3.8) is 0 Å². The minimum absolute atomic E-state index is 0.0408. The molecule has 0 saturated carbocycles. The maximum absolute atomic E-state index is 4.69.